The summed E-state index contributed by atoms with van der Waals surface area (Å²) in [6.07, 6.45) is 2.48. The molecular weight excluding hydrogens is 402 g/mol. The summed E-state index contributed by atoms with van der Waals surface area (Å²) in [7, 11) is 0. The molecule has 4 aromatic rings. The molecule has 0 saturated heterocycles. The fourth-order valence-corrected chi connectivity index (χ4v) is 4.36. The third kappa shape index (κ3) is 3.45. The molecule has 0 radical (unpaired) electrons. The number of aromatic nitrogens is 4. The number of carbonyl (C=O) groups excluding carboxylic acids is 1. The second kappa shape index (κ2) is 8.27. The monoisotopic (exact) mass is 425 g/mol. The Morgan fingerprint density at radius 3 is 2.73 bits per heavy atom. The molecule has 4 rings (SSSR count). The Bertz CT molecular complexity index is 1340. The first-order chi connectivity index (χ1) is 14.5. The third-order valence-corrected chi connectivity index (χ3v) is 5.98. The van der Waals surface area contributed by atoms with E-state index in [0.717, 1.165) is 35.2 Å². The number of benzene rings is 1. The summed E-state index contributed by atoms with van der Waals surface area (Å²) >= 11 is 1.30. The van der Waals surface area contributed by atoms with Gasteiger partial charge >= 0.3 is 5.69 Å². The molecule has 0 spiro atoms. The number of aryl methyl sites for hydroxylation is 2. The van der Waals surface area contributed by atoms with E-state index >= 15 is 0 Å². The van der Waals surface area contributed by atoms with E-state index in [2.05, 4.69) is 10.4 Å². The van der Waals surface area contributed by atoms with Gasteiger partial charge in [0.2, 0.25) is 11.7 Å². The lowest BCUT2D eigenvalue weighted by Crippen LogP contribution is -2.29. The minimum Gasteiger partial charge on any atom is -0.324 e. The van der Waals surface area contributed by atoms with Crippen LogP contribution < -0.4 is 16.6 Å². The molecule has 0 bridgehead atoms. The largest absolute Gasteiger partial charge is 0.352 e. The highest BCUT2D eigenvalue weighted by molar-refractivity contribution is 7.17. The zero-order valence-corrected chi connectivity index (χ0v) is 17.7. The fraction of sp³-hybridized carbons (Fsp3) is 0.333. The van der Waals surface area contributed by atoms with E-state index in [1.165, 1.54) is 20.3 Å². The van der Waals surface area contributed by atoms with Gasteiger partial charge in [-0.2, -0.15) is 0 Å². The van der Waals surface area contributed by atoms with Crippen molar-refractivity contribution in [2.24, 2.45) is 0 Å². The molecule has 0 unspecified atom stereocenters. The number of carbonyl (C=O) groups is 1. The zero-order valence-electron chi connectivity index (χ0n) is 16.9. The van der Waals surface area contributed by atoms with Crippen molar-refractivity contribution in [2.75, 3.05) is 5.32 Å². The highest BCUT2D eigenvalue weighted by atomic mass is 32.1. The smallest absolute Gasteiger partial charge is 0.324 e. The van der Waals surface area contributed by atoms with Gasteiger partial charge in [0, 0.05) is 12.2 Å². The zero-order chi connectivity index (χ0) is 21.3. The normalized spacial score (nSPS) is 11.4. The lowest BCUT2D eigenvalue weighted by atomic mass is 10.1. The van der Waals surface area contributed by atoms with E-state index in [0.29, 0.717) is 16.8 Å². The van der Waals surface area contributed by atoms with E-state index in [9.17, 15) is 14.4 Å². The van der Waals surface area contributed by atoms with Crippen molar-refractivity contribution in [1.29, 1.82) is 0 Å². The van der Waals surface area contributed by atoms with Gasteiger partial charge in [0.25, 0.3) is 5.56 Å². The average Bonchev–Trinajstić information content (AvgIpc) is 3.34. The molecule has 1 aromatic carbocycles. The Labute approximate surface area is 176 Å². The molecule has 1 N–H and O–H groups in total. The molecule has 3 aromatic heterocycles. The van der Waals surface area contributed by atoms with Gasteiger partial charge in [0.1, 0.15) is 11.2 Å². The van der Waals surface area contributed by atoms with Crippen LogP contribution in [0.15, 0.2) is 45.3 Å². The van der Waals surface area contributed by atoms with Crippen LogP contribution >= 0.6 is 11.3 Å². The van der Waals surface area contributed by atoms with Crippen LogP contribution in [0, 0.1) is 0 Å². The maximum Gasteiger partial charge on any atom is 0.352 e. The van der Waals surface area contributed by atoms with Crippen molar-refractivity contribution < 1.29 is 4.79 Å². The lowest BCUT2D eigenvalue weighted by molar-refractivity contribution is -0.117. The summed E-state index contributed by atoms with van der Waals surface area (Å²) < 4.78 is 4.60. The van der Waals surface area contributed by atoms with Gasteiger partial charge in [-0.05, 0) is 35.9 Å². The van der Waals surface area contributed by atoms with Crippen LogP contribution in [0.3, 0.4) is 0 Å². The summed E-state index contributed by atoms with van der Waals surface area (Å²) in [6.45, 7) is 4.29. The molecule has 1 amide bonds. The number of fused-ring (bicyclic) bond motifs is 3. The number of amides is 1. The van der Waals surface area contributed by atoms with Crippen LogP contribution in [-0.4, -0.2) is 24.7 Å². The van der Waals surface area contributed by atoms with Crippen molar-refractivity contribution in [3.63, 3.8) is 0 Å². The number of nitrogens with one attached hydrogen (secondary N) is 1. The Kier molecular flexibility index (Phi) is 5.54. The molecule has 0 atom stereocenters. The number of anilines is 1. The van der Waals surface area contributed by atoms with Crippen LogP contribution in [0.4, 0.5) is 5.69 Å². The molecular formula is C21H23N5O3S. The number of para-hydroxylation sites is 1. The standard InChI is InChI=1S/C21H23N5O3S/c1-3-5-11-24-19(28)18-16(10-12-30-18)26-20(24)23-25(21(26)29)13-17(27)22-15-9-7-6-8-14(15)4-2/h6-10,12H,3-5,11,13H2,1-2H3,(H,22,27). The maximum atomic E-state index is 13.1. The first kappa shape index (κ1) is 20.1. The van der Waals surface area contributed by atoms with E-state index in [1.54, 1.807) is 11.4 Å². The number of hydrogen-bond acceptors (Lipinski definition) is 5. The van der Waals surface area contributed by atoms with Crippen molar-refractivity contribution in [1.82, 2.24) is 18.7 Å². The van der Waals surface area contributed by atoms with E-state index in [1.807, 2.05) is 38.1 Å². The van der Waals surface area contributed by atoms with Crippen LogP contribution in [0.2, 0.25) is 0 Å². The molecule has 0 saturated carbocycles. The highest BCUT2D eigenvalue weighted by Gasteiger charge is 2.19. The van der Waals surface area contributed by atoms with E-state index < -0.39 is 5.69 Å². The van der Waals surface area contributed by atoms with E-state index in [4.69, 9.17) is 0 Å². The van der Waals surface area contributed by atoms with Gasteiger partial charge in [-0.1, -0.05) is 38.5 Å². The van der Waals surface area contributed by atoms with Crippen molar-refractivity contribution >= 4 is 38.9 Å². The van der Waals surface area contributed by atoms with Crippen molar-refractivity contribution in [3.8, 4) is 0 Å². The molecule has 0 aliphatic rings. The highest BCUT2D eigenvalue weighted by Crippen LogP contribution is 2.18. The lowest BCUT2D eigenvalue weighted by Gasteiger charge is -2.09. The van der Waals surface area contributed by atoms with Crippen LogP contribution in [0.1, 0.15) is 32.3 Å². The SMILES string of the molecule is CCCCn1c(=O)c2sccc2n2c(=O)n(CC(=O)Nc3ccccc3CC)nc12. The first-order valence-corrected chi connectivity index (χ1v) is 10.9. The minimum atomic E-state index is -0.433. The topological polar surface area (TPSA) is 90.4 Å². The second-order valence-electron chi connectivity index (χ2n) is 7.08. The predicted molar refractivity (Wildman–Crippen MR) is 118 cm³/mol. The summed E-state index contributed by atoms with van der Waals surface area (Å²) in [5.41, 5.74) is 1.68. The number of thiophene rings is 1. The molecule has 156 valence electrons. The summed E-state index contributed by atoms with van der Waals surface area (Å²) in [5, 5.41) is 9.00. The predicted octanol–water partition coefficient (Wildman–Crippen LogP) is 2.87. The number of nitrogens with zero attached hydrogens (tertiary/aromatic N) is 4. The number of rotatable bonds is 7. The molecule has 30 heavy (non-hydrogen) atoms. The van der Waals surface area contributed by atoms with Crippen LogP contribution in [0.25, 0.3) is 16.0 Å². The fourth-order valence-electron chi connectivity index (χ4n) is 3.53. The van der Waals surface area contributed by atoms with Gasteiger partial charge in [-0.15, -0.1) is 16.4 Å². The van der Waals surface area contributed by atoms with Crippen molar-refractivity contribution in [2.45, 2.75) is 46.2 Å². The van der Waals surface area contributed by atoms with Gasteiger partial charge in [-0.3, -0.25) is 14.2 Å². The summed E-state index contributed by atoms with van der Waals surface area (Å²) in [6, 6.07) is 9.30. The second-order valence-corrected chi connectivity index (χ2v) is 8.00. The maximum absolute atomic E-state index is 13.1. The van der Waals surface area contributed by atoms with Gasteiger partial charge in [-0.25, -0.2) is 13.9 Å². The molecule has 8 nitrogen and oxygen atoms in total. The molecule has 0 aliphatic carbocycles. The summed E-state index contributed by atoms with van der Waals surface area (Å²) in [4.78, 5) is 38.6. The number of unbranched alkanes of at least 4 members (excludes halogenated alkanes) is 1. The Balaban J connectivity index is 1.75. The van der Waals surface area contributed by atoms with Gasteiger partial charge in [0.15, 0.2) is 0 Å². The molecule has 0 aliphatic heterocycles. The first-order valence-electron chi connectivity index (χ1n) is 10.0. The third-order valence-electron chi connectivity index (χ3n) is 5.09. The summed E-state index contributed by atoms with van der Waals surface area (Å²) in [5.74, 6) is -0.0727. The number of hydrogen-bond donors (Lipinski definition) is 1. The van der Waals surface area contributed by atoms with Gasteiger partial charge in [0.05, 0.1) is 5.52 Å². The van der Waals surface area contributed by atoms with Crippen LogP contribution in [0.5, 0.6) is 0 Å². The molecule has 9 heteroatoms. The Hall–Kier alpha value is -3.20. The average molecular weight is 426 g/mol. The molecule has 0 fully saturated rings. The molecule has 3 heterocycles. The van der Waals surface area contributed by atoms with Crippen LogP contribution in [-0.2, 0) is 24.3 Å². The van der Waals surface area contributed by atoms with E-state index in [-0.39, 0.29) is 23.8 Å². The Morgan fingerprint density at radius 2 is 1.97 bits per heavy atom. The van der Waals surface area contributed by atoms with Crippen molar-refractivity contribution in [3.05, 3.63) is 62.1 Å². The minimum absolute atomic E-state index is 0.153. The van der Waals surface area contributed by atoms with Gasteiger partial charge < -0.3 is 5.32 Å². The Morgan fingerprint density at radius 1 is 1.17 bits per heavy atom. The quantitative estimate of drug-likeness (QED) is 0.493.